The second-order valence-corrected chi connectivity index (χ2v) is 7.56. The van der Waals surface area contributed by atoms with Crippen LogP contribution in [-0.4, -0.2) is 18.0 Å². The Morgan fingerprint density at radius 1 is 0.871 bits per heavy atom. The number of carbonyl (C=O) groups excluding carboxylic acids is 2. The number of hydrogen-bond donors (Lipinski definition) is 3. The Hall–Kier alpha value is -3.80. The summed E-state index contributed by atoms with van der Waals surface area (Å²) in [7, 11) is 0. The van der Waals surface area contributed by atoms with Crippen LogP contribution in [0.5, 0.6) is 5.75 Å². The largest absolute Gasteiger partial charge is 0.489 e. The number of ether oxygens (including phenoxy) is 1. The summed E-state index contributed by atoms with van der Waals surface area (Å²) in [6, 6.07) is 21.8. The quantitative estimate of drug-likeness (QED) is 0.484. The van der Waals surface area contributed by atoms with Crippen molar-refractivity contribution in [3.63, 3.8) is 0 Å². The number of urea groups is 1. The van der Waals surface area contributed by atoms with Crippen LogP contribution in [0.25, 0.3) is 0 Å². The van der Waals surface area contributed by atoms with Crippen molar-refractivity contribution < 1.29 is 14.3 Å². The summed E-state index contributed by atoms with van der Waals surface area (Å²) in [6.07, 6.45) is 0. The Morgan fingerprint density at radius 2 is 1.58 bits per heavy atom. The molecule has 0 spiro atoms. The minimum atomic E-state index is -0.330. The highest BCUT2D eigenvalue weighted by atomic mass is 16.5. The van der Waals surface area contributed by atoms with Crippen LogP contribution in [0.3, 0.4) is 0 Å². The van der Waals surface area contributed by atoms with Crippen LogP contribution in [0.4, 0.5) is 16.2 Å². The van der Waals surface area contributed by atoms with Gasteiger partial charge in [-0.2, -0.15) is 0 Å². The van der Waals surface area contributed by atoms with Gasteiger partial charge in [-0.1, -0.05) is 48.0 Å². The lowest BCUT2D eigenvalue weighted by molar-refractivity contribution is 0.102. The highest BCUT2D eigenvalue weighted by Gasteiger charge is 2.12. The number of amides is 3. The average Bonchev–Trinajstić information content (AvgIpc) is 2.73. The van der Waals surface area contributed by atoms with Crippen molar-refractivity contribution in [2.75, 3.05) is 10.6 Å². The molecule has 3 N–H and O–H groups in total. The zero-order valence-electron chi connectivity index (χ0n) is 17.9. The predicted molar refractivity (Wildman–Crippen MR) is 124 cm³/mol. The first-order chi connectivity index (χ1) is 14.9. The molecule has 0 radical (unpaired) electrons. The van der Waals surface area contributed by atoms with Crippen molar-refractivity contribution in [1.29, 1.82) is 0 Å². The molecule has 0 bridgehead atoms. The fraction of sp³-hybridized carbons (Fsp3) is 0.200. The number of nitrogens with one attached hydrogen (secondary N) is 3. The number of anilines is 2. The summed E-state index contributed by atoms with van der Waals surface area (Å²) in [5.74, 6) is 0.316. The highest BCUT2D eigenvalue weighted by molar-refractivity contribution is 6.07. The fourth-order valence-corrected chi connectivity index (χ4v) is 3.01. The molecule has 0 heterocycles. The summed E-state index contributed by atoms with van der Waals surface area (Å²) in [4.78, 5) is 24.8. The molecule has 0 unspecified atom stereocenters. The Balaban J connectivity index is 1.67. The maximum absolute atomic E-state index is 12.8. The van der Waals surface area contributed by atoms with Crippen molar-refractivity contribution in [2.45, 2.75) is 33.4 Å². The molecule has 0 aliphatic heterocycles. The molecule has 6 heteroatoms. The summed E-state index contributed by atoms with van der Waals surface area (Å²) in [5, 5.41) is 8.38. The maximum atomic E-state index is 12.8. The Kier molecular flexibility index (Phi) is 7.27. The first kappa shape index (κ1) is 21.9. The second kappa shape index (κ2) is 10.3. The Bertz CT molecular complexity index is 1060. The topological polar surface area (TPSA) is 79.5 Å². The fourth-order valence-electron chi connectivity index (χ4n) is 3.01. The summed E-state index contributed by atoms with van der Waals surface area (Å²) >= 11 is 0. The van der Waals surface area contributed by atoms with Crippen LogP contribution < -0.4 is 20.7 Å². The van der Waals surface area contributed by atoms with Crippen molar-refractivity contribution in [2.24, 2.45) is 0 Å². The van der Waals surface area contributed by atoms with Crippen molar-refractivity contribution in [1.82, 2.24) is 5.32 Å². The molecule has 160 valence electrons. The third kappa shape index (κ3) is 6.60. The minimum Gasteiger partial charge on any atom is -0.489 e. The number of aryl methyl sites for hydroxylation is 1. The van der Waals surface area contributed by atoms with Gasteiger partial charge in [0.1, 0.15) is 12.4 Å². The molecular weight excluding hydrogens is 390 g/mol. The van der Waals surface area contributed by atoms with Crippen LogP contribution in [0.2, 0.25) is 0 Å². The van der Waals surface area contributed by atoms with Crippen molar-refractivity contribution >= 4 is 23.3 Å². The van der Waals surface area contributed by atoms with Crippen molar-refractivity contribution in [3.8, 4) is 5.75 Å². The van der Waals surface area contributed by atoms with Gasteiger partial charge in [0.25, 0.3) is 5.91 Å². The van der Waals surface area contributed by atoms with E-state index in [0.717, 1.165) is 5.56 Å². The second-order valence-electron chi connectivity index (χ2n) is 7.56. The van der Waals surface area contributed by atoms with Crippen LogP contribution in [0.1, 0.15) is 35.3 Å². The van der Waals surface area contributed by atoms with Crippen LogP contribution >= 0.6 is 0 Å². The van der Waals surface area contributed by atoms with Gasteiger partial charge >= 0.3 is 6.03 Å². The van der Waals surface area contributed by atoms with Gasteiger partial charge in [0.05, 0.1) is 11.4 Å². The van der Waals surface area contributed by atoms with E-state index in [4.69, 9.17) is 4.74 Å². The minimum absolute atomic E-state index is 0.00398. The van der Waals surface area contributed by atoms with E-state index in [2.05, 4.69) is 22.0 Å². The molecule has 3 amide bonds. The lowest BCUT2D eigenvalue weighted by Gasteiger charge is -2.14. The Labute approximate surface area is 182 Å². The van der Waals surface area contributed by atoms with E-state index in [-0.39, 0.29) is 18.0 Å². The molecule has 31 heavy (non-hydrogen) atoms. The van der Waals surface area contributed by atoms with E-state index in [1.807, 2.05) is 45.0 Å². The van der Waals surface area contributed by atoms with Gasteiger partial charge in [-0.25, -0.2) is 4.79 Å². The first-order valence-corrected chi connectivity index (χ1v) is 10.2. The SMILES string of the molecule is Cc1cccc(COc2cccc(C(=O)Nc3ccccc3NC(=O)NC(C)C)c2)c1. The highest BCUT2D eigenvalue weighted by Crippen LogP contribution is 2.23. The summed E-state index contributed by atoms with van der Waals surface area (Å²) in [5.41, 5.74) is 3.72. The number of hydrogen-bond acceptors (Lipinski definition) is 3. The monoisotopic (exact) mass is 417 g/mol. The summed E-state index contributed by atoms with van der Waals surface area (Å²) < 4.78 is 5.86. The van der Waals surface area contributed by atoms with Crippen LogP contribution in [0, 0.1) is 6.92 Å². The van der Waals surface area contributed by atoms with E-state index in [1.165, 1.54) is 5.56 Å². The van der Waals surface area contributed by atoms with Gasteiger partial charge in [0, 0.05) is 11.6 Å². The molecule has 3 aromatic rings. The van der Waals surface area contributed by atoms with E-state index < -0.39 is 0 Å². The van der Waals surface area contributed by atoms with Gasteiger partial charge in [-0.15, -0.1) is 0 Å². The molecule has 0 atom stereocenters. The maximum Gasteiger partial charge on any atom is 0.319 e. The van der Waals surface area contributed by atoms with Gasteiger partial charge in [0.2, 0.25) is 0 Å². The molecule has 0 saturated carbocycles. The Morgan fingerprint density at radius 3 is 2.29 bits per heavy atom. The molecule has 0 saturated heterocycles. The number of benzene rings is 3. The number of rotatable bonds is 7. The molecule has 3 aromatic carbocycles. The smallest absolute Gasteiger partial charge is 0.319 e. The third-order valence-corrected chi connectivity index (χ3v) is 4.43. The molecule has 0 fully saturated rings. The van der Waals surface area contributed by atoms with E-state index in [0.29, 0.717) is 29.3 Å². The molecule has 0 aromatic heterocycles. The van der Waals surface area contributed by atoms with Gasteiger partial charge in [-0.3, -0.25) is 4.79 Å². The molecule has 6 nitrogen and oxygen atoms in total. The zero-order valence-corrected chi connectivity index (χ0v) is 17.9. The molecule has 3 rings (SSSR count). The zero-order chi connectivity index (χ0) is 22.2. The van der Waals surface area contributed by atoms with Gasteiger partial charge in [0.15, 0.2) is 0 Å². The molecular formula is C25H27N3O3. The van der Waals surface area contributed by atoms with Gasteiger partial charge < -0.3 is 20.7 Å². The number of para-hydroxylation sites is 2. The first-order valence-electron chi connectivity index (χ1n) is 10.2. The standard InChI is InChI=1S/C25H27N3O3/c1-17(2)26-25(30)28-23-13-5-4-12-22(23)27-24(29)20-10-7-11-21(15-20)31-16-19-9-6-8-18(3)14-19/h4-15,17H,16H2,1-3H3,(H,27,29)(H2,26,28,30). The van der Waals surface area contributed by atoms with Gasteiger partial charge in [-0.05, 0) is 56.7 Å². The average molecular weight is 418 g/mol. The third-order valence-electron chi connectivity index (χ3n) is 4.43. The molecule has 0 aliphatic carbocycles. The van der Waals surface area contributed by atoms with Crippen molar-refractivity contribution in [3.05, 3.63) is 89.5 Å². The van der Waals surface area contributed by atoms with E-state index in [1.54, 1.807) is 42.5 Å². The summed E-state index contributed by atoms with van der Waals surface area (Å²) in [6.45, 7) is 6.21. The predicted octanol–water partition coefficient (Wildman–Crippen LogP) is 5.36. The normalized spacial score (nSPS) is 10.5. The lowest BCUT2D eigenvalue weighted by Crippen LogP contribution is -2.34. The van der Waals surface area contributed by atoms with Crippen LogP contribution in [0.15, 0.2) is 72.8 Å². The van der Waals surface area contributed by atoms with E-state index >= 15 is 0 Å². The molecule has 0 aliphatic rings. The van der Waals surface area contributed by atoms with Crippen LogP contribution in [-0.2, 0) is 6.61 Å². The lowest BCUT2D eigenvalue weighted by atomic mass is 10.1. The van der Waals surface area contributed by atoms with E-state index in [9.17, 15) is 9.59 Å². The number of carbonyl (C=O) groups is 2.